The molecule has 0 spiro atoms. The molecular formula is C20H17BrN2O2. The first-order chi connectivity index (χ1) is 12.2. The van der Waals surface area contributed by atoms with E-state index in [0.29, 0.717) is 11.3 Å². The Hall–Kier alpha value is -2.79. The van der Waals surface area contributed by atoms with E-state index in [1.807, 2.05) is 60.7 Å². The van der Waals surface area contributed by atoms with Gasteiger partial charge in [0, 0.05) is 22.1 Å². The topological polar surface area (TPSA) is 53.8 Å². The summed E-state index contributed by atoms with van der Waals surface area (Å²) in [6.07, 6.45) is 1.61. The number of hydrogen-bond donors (Lipinski definition) is 2. The van der Waals surface area contributed by atoms with Crippen LogP contribution in [0.4, 0.5) is 17.1 Å². The fraction of sp³-hybridized carbons (Fsp3) is 0.0500. The molecule has 0 unspecified atom stereocenters. The number of anilines is 2. The molecule has 0 aliphatic rings. The standard InChI is InChI=1S/C20H17BrN2O2/c1-25-19-12-11-18(21)17(20(19)24)13-22-14-7-9-16(10-8-14)23-15-5-3-2-4-6-15/h2-13,23-24H,1H3. The van der Waals surface area contributed by atoms with Crippen molar-refractivity contribution in [3.05, 3.63) is 76.8 Å². The Morgan fingerprint density at radius 1 is 0.960 bits per heavy atom. The second-order valence-electron chi connectivity index (χ2n) is 5.31. The van der Waals surface area contributed by atoms with Crippen molar-refractivity contribution >= 4 is 39.2 Å². The quantitative estimate of drug-likeness (QED) is 0.547. The molecule has 0 amide bonds. The first kappa shape index (κ1) is 17.0. The van der Waals surface area contributed by atoms with Crippen molar-refractivity contribution in [2.24, 2.45) is 4.99 Å². The summed E-state index contributed by atoms with van der Waals surface area (Å²) >= 11 is 3.42. The highest BCUT2D eigenvalue weighted by molar-refractivity contribution is 9.10. The molecule has 3 rings (SSSR count). The summed E-state index contributed by atoms with van der Waals surface area (Å²) in [6, 6.07) is 21.2. The summed E-state index contributed by atoms with van der Waals surface area (Å²) < 4.78 is 5.87. The van der Waals surface area contributed by atoms with Gasteiger partial charge in [0.25, 0.3) is 0 Å². The number of aromatic hydroxyl groups is 1. The van der Waals surface area contributed by atoms with Gasteiger partial charge in [-0.15, -0.1) is 0 Å². The van der Waals surface area contributed by atoms with Crippen LogP contribution < -0.4 is 10.1 Å². The number of para-hydroxylation sites is 1. The second-order valence-corrected chi connectivity index (χ2v) is 6.16. The van der Waals surface area contributed by atoms with Crippen LogP contribution in [0.1, 0.15) is 5.56 Å². The summed E-state index contributed by atoms with van der Waals surface area (Å²) in [6.45, 7) is 0. The van der Waals surface area contributed by atoms with Crippen LogP contribution >= 0.6 is 15.9 Å². The zero-order valence-electron chi connectivity index (χ0n) is 13.6. The van der Waals surface area contributed by atoms with Gasteiger partial charge in [0.2, 0.25) is 0 Å². The van der Waals surface area contributed by atoms with Crippen LogP contribution in [0, 0.1) is 0 Å². The van der Waals surface area contributed by atoms with Gasteiger partial charge in [-0.05, 0) is 64.5 Å². The molecule has 0 saturated heterocycles. The Labute approximate surface area is 154 Å². The third-order valence-electron chi connectivity index (χ3n) is 3.62. The van der Waals surface area contributed by atoms with Gasteiger partial charge >= 0.3 is 0 Å². The molecule has 0 aliphatic carbocycles. The largest absolute Gasteiger partial charge is 0.504 e. The molecule has 5 heteroatoms. The summed E-state index contributed by atoms with van der Waals surface area (Å²) in [5.74, 6) is 0.468. The predicted octanol–water partition coefficient (Wildman–Crippen LogP) is 5.66. The molecule has 3 aromatic carbocycles. The molecule has 126 valence electrons. The molecular weight excluding hydrogens is 380 g/mol. The maximum Gasteiger partial charge on any atom is 0.167 e. The number of methoxy groups -OCH3 is 1. The van der Waals surface area contributed by atoms with Crippen molar-refractivity contribution in [1.29, 1.82) is 0 Å². The minimum Gasteiger partial charge on any atom is -0.504 e. The number of nitrogens with one attached hydrogen (secondary N) is 1. The molecule has 0 heterocycles. The van der Waals surface area contributed by atoms with Crippen molar-refractivity contribution in [3.63, 3.8) is 0 Å². The second kappa shape index (κ2) is 7.85. The van der Waals surface area contributed by atoms with Crippen LogP contribution in [0.3, 0.4) is 0 Å². The lowest BCUT2D eigenvalue weighted by atomic mass is 10.2. The van der Waals surface area contributed by atoms with Crippen LogP contribution in [-0.4, -0.2) is 18.4 Å². The van der Waals surface area contributed by atoms with Gasteiger partial charge in [-0.2, -0.15) is 0 Å². The molecule has 3 aromatic rings. The summed E-state index contributed by atoms with van der Waals surface area (Å²) in [5, 5.41) is 13.5. The SMILES string of the molecule is COc1ccc(Br)c(C=Nc2ccc(Nc3ccccc3)cc2)c1O. The van der Waals surface area contributed by atoms with Gasteiger partial charge in [0.1, 0.15) is 0 Å². The van der Waals surface area contributed by atoms with Crippen LogP contribution in [0.5, 0.6) is 11.5 Å². The van der Waals surface area contributed by atoms with Gasteiger partial charge in [0.05, 0.1) is 18.4 Å². The number of phenols is 1. The van der Waals surface area contributed by atoms with E-state index in [4.69, 9.17) is 4.74 Å². The van der Waals surface area contributed by atoms with Crippen molar-refractivity contribution in [2.75, 3.05) is 12.4 Å². The molecule has 0 aliphatic heterocycles. The van der Waals surface area contributed by atoms with Gasteiger partial charge in [0.15, 0.2) is 11.5 Å². The third kappa shape index (κ3) is 4.19. The van der Waals surface area contributed by atoms with Crippen LogP contribution in [-0.2, 0) is 0 Å². The highest BCUT2D eigenvalue weighted by Gasteiger charge is 2.09. The first-order valence-corrected chi connectivity index (χ1v) is 8.48. The zero-order valence-corrected chi connectivity index (χ0v) is 15.2. The van der Waals surface area contributed by atoms with E-state index in [-0.39, 0.29) is 5.75 Å². The highest BCUT2D eigenvalue weighted by Crippen LogP contribution is 2.34. The lowest BCUT2D eigenvalue weighted by molar-refractivity contribution is 0.373. The summed E-state index contributed by atoms with van der Waals surface area (Å²) in [5.41, 5.74) is 3.37. The average molecular weight is 397 g/mol. The number of rotatable bonds is 5. The van der Waals surface area contributed by atoms with E-state index in [0.717, 1.165) is 21.5 Å². The van der Waals surface area contributed by atoms with E-state index in [2.05, 4.69) is 26.2 Å². The van der Waals surface area contributed by atoms with E-state index >= 15 is 0 Å². The Balaban J connectivity index is 1.77. The van der Waals surface area contributed by atoms with Crippen molar-refractivity contribution in [1.82, 2.24) is 0 Å². The van der Waals surface area contributed by atoms with Gasteiger partial charge in [-0.1, -0.05) is 18.2 Å². The van der Waals surface area contributed by atoms with Gasteiger partial charge in [-0.25, -0.2) is 0 Å². The highest BCUT2D eigenvalue weighted by atomic mass is 79.9. The maximum absolute atomic E-state index is 10.2. The fourth-order valence-corrected chi connectivity index (χ4v) is 2.73. The van der Waals surface area contributed by atoms with Crippen molar-refractivity contribution < 1.29 is 9.84 Å². The Morgan fingerprint density at radius 2 is 1.64 bits per heavy atom. The Bertz CT molecular complexity index is 878. The van der Waals surface area contributed by atoms with Crippen LogP contribution in [0.25, 0.3) is 0 Å². The van der Waals surface area contributed by atoms with E-state index in [1.165, 1.54) is 7.11 Å². The summed E-state index contributed by atoms with van der Waals surface area (Å²) in [7, 11) is 1.52. The Morgan fingerprint density at radius 3 is 2.32 bits per heavy atom. The number of ether oxygens (including phenoxy) is 1. The lowest BCUT2D eigenvalue weighted by Gasteiger charge is -2.08. The number of hydrogen-bond acceptors (Lipinski definition) is 4. The number of phenolic OH excluding ortho intramolecular Hbond substituents is 1. The monoisotopic (exact) mass is 396 g/mol. The Kier molecular flexibility index (Phi) is 5.36. The molecule has 0 saturated carbocycles. The minimum atomic E-state index is 0.0583. The average Bonchev–Trinajstić information content (AvgIpc) is 2.64. The van der Waals surface area contributed by atoms with E-state index in [1.54, 1.807) is 12.3 Å². The number of benzene rings is 3. The minimum absolute atomic E-state index is 0.0583. The molecule has 25 heavy (non-hydrogen) atoms. The molecule has 0 aromatic heterocycles. The first-order valence-electron chi connectivity index (χ1n) is 7.69. The fourth-order valence-electron chi connectivity index (χ4n) is 2.31. The lowest BCUT2D eigenvalue weighted by Crippen LogP contribution is -1.90. The predicted molar refractivity (Wildman–Crippen MR) is 106 cm³/mol. The molecule has 0 radical (unpaired) electrons. The van der Waals surface area contributed by atoms with E-state index in [9.17, 15) is 5.11 Å². The maximum atomic E-state index is 10.2. The molecule has 0 atom stereocenters. The molecule has 0 fully saturated rings. The number of halogens is 1. The van der Waals surface area contributed by atoms with Gasteiger partial charge in [-0.3, -0.25) is 4.99 Å². The van der Waals surface area contributed by atoms with Crippen molar-refractivity contribution in [3.8, 4) is 11.5 Å². The molecule has 0 bridgehead atoms. The van der Waals surface area contributed by atoms with Crippen LogP contribution in [0.2, 0.25) is 0 Å². The smallest absolute Gasteiger partial charge is 0.167 e. The van der Waals surface area contributed by atoms with E-state index < -0.39 is 0 Å². The molecule has 2 N–H and O–H groups in total. The van der Waals surface area contributed by atoms with Crippen LogP contribution in [0.15, 0.2) is 76.2 Å². The normalized spacial score (nSPS) is 10.8. The molecule has 4 nitrogen and oxygen atoms in total. The zero-order chi connectivity index (χ0) is 17.6. The van der Waals surface area contributed by atoms with Gasteiger partial charge < -0.3 is 15.2 Å². The van der Waals surface area contributed by atoms with Crippen molar-refractivity contribution in [2.45, 2.75) is 0 Å². The number of aliphatic imine (C=N–C) groups is 1. The third-order valence-corrected chi connectivity index (χ3v) is 4.31. The number of nitrogens with zero attached hydrogens (tertiary/aromatic N) is 1. The summed E-state index contributed by atoms with van der Waals surface area (Å²) in [4.78, 5) is 4.42.